The molecule has 0 radical (unpaired) electrons. The maximum Gasteiger partial charge on any atom is 0.253 e. The highest BCUT2D eigenvalue weighted by atomic mass is 79.9. The molecular weight excluding hydrogens is 356 g/mol. The number of nitrogens with two attached hydrogens (primary N) is 1. The number of hydrogen-bond acceptors (Lipinski definition) is 3. The molecule has 110 valence electrons. The van der Waals surface area contributed by atoms with Crippen molar-refractivity contribution in [3.05, 3.63) is 57.0 Å². The highest BCUT2D eigenvalue weighted by Gasteiger charge is 2.13. The number of amides is 1. The summed E-state index contributed by atoms with van der Waals surface area (Å²) in [6, 6.07) is 10.5. The Morgan fingerprint density at radius 1 is 1.33 bits per heavy atom. The lowest BCUT2D eigenvalue weighted by molar-refractivity contribution is 0.0951. The molecule has 0 spiro atoms. The molecule has 2 aromatic rings. The van der Waals surface area contributed by atoms with Crippen LogP contribution in [0.1, 0.15) is 15.9 Å². The van der Waals surface area contributed by atoms with E-state index in [1.807, 2.05) is 12.1 Å². The van der Waals surface area contributed by atoms with Gasteiger partial charge in [-0.2, -0.15) is 0 Å². The molecule has 1 amide bonds. The molecule has 0 aliphatic heterocycles. The van der Waals surface area contributed by atoms with Gasteiger partial charge >= 0.3 is 0 Å². The van der Waals surface area contributed by atoms with Crippen molar-refractivity contribution in [3.63, 3.8) is 0 Å². The number of nitrogens with one attached hydrogen (secondary N) is 1. The van der Waals surface area contributed by atoms with Gasteiger partial charge in [0, 0.05) is 17.3 Å². The second-order valence-electron chi connectivity index (χ2n) is 4.38. The minimum Gasteiger partial charge on any atom is -0.496 e. The number of nitrogen functional groups attached to an aromatic ring is 1. The molecule has 0 aromatic heterocycles. The van der Waals surface area contributed by atoms with Crippen molar-refractivity contribution in [2.24, 2.45) is 0 Å². The summed E-state index contributed by atoms with van der Waals surface area (Å²) in [5, 5.41) is 3.47. The van der Waals surface area contributed by atoms with Crippen molar-refractivity contribution in [1.29, 1.82) is 0 Å². The Morgan fingerprint density at radius 2 is 2.00 bits per heavy atom. The normalized spacial score (nSPS) is 10.2. The third-order valence-electron chi connectivity index (χ3n) is 2.93. The van der Waals surface area contributed by atoms with E-state index in [-0.39, 0.29) is 5.91 Å². The highest BCUT2D eigenvalue weighted by molar-refractivity contribution is 9.10. The molecule has 0 fully saturated rings. The van der Waals surface area contributed by atoms with Gasteiger partial charge in [0.1, 0.15) is 5.75 Å². The van der Waals surface area contributed by atoms with Gasteiger partial charge in [-0.25, -0.2) is 0 Å². The number of halogens is 2. The topological polar surface area (TPSA) is 64.3 Å². The molecule has 0 heterocycles. The third-order valence-corrected chi connectivity index (χ3v) is 3.81. The fraction of sp³-hybridized carbons (Fsp3) is 0.133. The summed E-state index contributed by atoms with van der Waals surface area (Å²) >= 11 is 9.14. The van der Waals surface area contributed by atoms with Gasteiger partial charge in [-0.15, -0.1) is 0 Å². The van der Waals surface area contributed by atoms with E-state index in [0.29, 0.717) is 33.0 Å². The van der Waals surface area contributed by atoms with Gasteiger partial charge in [0.05, 0.1) is 17.1 Å². The minimum absolute atomic E-state index is 0.256. The van der Waals surface area contributed by atoms with E-state index in [1.165, 1.54) is 7.11 Å². The molecule has 2 aromatic carbocycles. The first-order chi connectivity index (χ1) is 10.0. The summed E-state index contributed by atoms with van der Waals surface area (Å²) in [5.41, 5.74) is 7.59. The van der Waals surface area contributed by atoms with Crippen molar-refractivity contribution in [2.45, 2.75) is 6.54 Å². The third kappa shape index (κ3) is 3.89. The zero-order valence-electron chi connectivity index (χ0n) is 11.3. The lowest BCUT2D eigenvalue weighted by atomic mass is 10.1. The molecule has 3 N–H and O–H groups in total. The lowest BCUT2D eigenvalue weighted by Gasteiger charge is -2.11. The van der Waals surface area contributed by atoms with E-state index in [9.17, 15) is 4.79 Å². The predicted octanol–water partition coefficient (Wildman–Crippen LogP) is 3.62. The number of benzene rings is 2. The van der Waals surface area contributed by atoms with Crippen LogP contribution in [0.4, 0.5) is 5.69 Å². The average molecular weight is 370 g/mol. The molecule has 6 heteroatoms. The van der Waals surface area contributed by atoms with Gasteiger partial charge in [0.15, 0.2) is 0 Å². The number of hydrogen-bond donors (Lipinski definition) is 2. The first kappa shape index (κ1) is 15.7. The molecule has 0 unspecified atom stereocenters. The smallest absolute Gasteiger partial charge is 0.253 e. The summed E-state index contributed by atoms with van der Waals surface area (Å²) in [7, 11) is 1.53. The van der Waals surface area contributed by atoms with Crippen LogP contribution in [-0.2, 0) is 6.54 Å². The number of methoxy groups -OCH3 is 1. The van der Waals surface area contributed by atoms with E-state index in [1.54, 1.807) is 24.3 Å². The van der Waals surface area contributed by atoms with Gasteiger partial charge in [-0.1, -0.05) is 23.7 Å². The fourth-order valence-corrected chi connectivity index (χ4v) is 2.45. The zero-order valence-corrected chi connectivity index (χ0v) is 13.7. The number of anilines is 1. The molecule has 0 atom stereocenters. The molecule has 0 saturated carbocycles. The molecule has 2 rings (SSSR count). The number of ether oxygens (including phenoxy) is 1. The van der Waals surface area contributed by atoms with Crippen molar-refractivity contribution < 1.29 is 9.53 Å². The predicted molar refractivity (Wildman–Crippen MR) is 87.7 cm³/mol. The van der Waals surface area contributed by atoms with Crippen molar-refractivity contribution in [1.82, 2.24) is 5.32 Å². The Hall–Kier alpha value is -1.72. The Balaban J connectivity index is 2.11. The molecular formula is C15H14BrClN2O2. The number of carbonyl (C=O) groups is 1. The Kier molecular flexibility index (Phi) is 5.09. The molecule has 4 nitrogen and oxygen atoms in total. The van der Waals surface area contributed by atoms with Crippen LogP contribution in [0.25, 0.3) is 0 Å². The molecule has 0 saturated heterocycles. The molecule has 0 aliphatic carbocycles. The van der Waals surface area contributed by atoms with Crippen LogP contribution in [0.15, 0.2) is 40.9 Å². The van der Waals surface area contributed by atoms with E-state index in [2.05, 4.69) is 21.2 Å². The average Bonchev–Trinajstić information content (AvgIpc) is 2.46. The second-order valence-corrected chi connectivity index (χ2v) is 5.67. The van der Waals surface area contributed by atoms with Gasteiger partial charge in [-0.3, -0.25) is 4.79 Å². The maximum absolute atomic E-state index is 12.2. The number of rotatable bonds is 4. The van der Waals surface area contributed by atoms with Crippen LogP contribution in [-0.4, -0.2) is 13.0 Å². The Bertz CT molecular complexity index is 659. The van der Waals surface area contributed by atoms with Crippen LogP contribution >= 0.6 is 27.5 Å². The Labute approximate surface area is 136 Å². The summed E-state index contributed by atoms with van der Waals surface area (Å²) < 4.78 is 5.87. The van der Waals surface area contributed by atoms with E-state index < -0.39 is 0 Å². The van der Waals surface area contributed by atoms with E-state index in [0.717, 1.165) is 5.56 Å². The first-order valence-electron chi connectivity index (χ1n) is 6.17. The SMILES string of the molecule is COc1cc(C(=O)NCc2ccc(Cl)cc2)c(N)cc1Br. The molecule has 0 aliphatic rings. The van der Waals surface area contributed by atoms with E-state index in [4.69, 9.17) is 22.1 Å². The van der Waals surface area contributed by atoms with Crippen LogP contribution in [0.2, 0.25) is 5.02 Å². The Morgan fingerprint density at radius 3 is 2.62 bits per heavy atom. The quantitative estimate of drug-likeness (QED) is 0.809. The standard InChI is InChI=1S/C15H14BrClN2O2/c1-21-14-6-11(13(18)7-12(14)16)15(20)19-8-9-2-4-10(17)5-3-9/h2-7H,8,18H2,1H3,(H,19,20). The van der Waals surface area contributed by atoms with Crippen LogP contribution in [0.3, 0.4) is 0 Å². The minimum atomic E-state index is -0.256. The number of carbonyl (C=O) groups excluding carboxylic acids is 1. The summed E-state index contributed by atoms with van der Waals surface area (Å²) in [4.78, 5) is 12.2. The summed E-state index contributed by atoms with van der Waals surface area (Å²) in [6.45, 7) is 0.397. The zero-order chi connectivity index (χ0) is 15.4. The van der Waals surface area contributed by atoms with Crippen molar-refractivity contribution in [2.75, 3.05) is 12.8 Å². The largest absolute Gasteiger partial charge is 0.496 e. The molecule has 21 heavy (non-hydrogen) atoms. The fourth-order valence-electron chi connectivity index (χ4n) is 1.80. The highest BCUT2D eigenvalue weighted by Crippen LogP contribution is 2.29. The maximum atomic E-state index is 12.2. The monoisotopic (exact) mass is 368 g/mol. The van der Waals surface area contributed by atoms with Gasteiger partial charge < -0.3 is 15.8 Å². The lowest BCUT2D eigenvalue weighted by Crippen LogP contribution is -2.23. The summed E-state index contributed by atoms with van der Waals surface area (Å²) in [5.74, 6) is 0.300. The van der Waals surface area contributed by atoms with Crippen LogP contribution < -0.4 is 15.8 Å². The van der Waals surface area contributed by atoms with Gasteiger partial charge in [0.2, 0.25) is 0 Å². The van der Waals surface area contributed by atoms with Gasteiger partial charge in [-0.05, 0) is 45.8 Å². The summed E-state index contributed by atoms with van der Waals surface area (Å²) in [6.07, 6.45) is 0. The van der Waals surface area contributed by atoms with Crippen LogP contribution in [0, 0.1) is 0 Å². The first-order valence-corrected chi connectivity index (χ1v) is 7.34. The van der Waals surface area contributed by atoms with E-state index >= 15 is 0 Å². The van der Waals surface area contributed by atoms with Crippen molar-refractivity contribution in [3.8, 4) is 5.75 Å². The van der Waals surface area contributed by atoms with Crippen molar-refractivity contribution >= 4 is 39.1 Å². The molecule has 0 bridgehead atoms. The second kappa shape index (κ2) is 6.83. The van der Waals surface area contributed by atoms with Gasteiger partial charge in [0.25, 0.3) is 5.91 Å². The van der Waals surface area contributed by atoms with Crippen LogP contribution in [0.5, 0.6) is 5.75 Å².